The lowest BCUT2D eigenvalue weighted by molar-refractivity contribution is 0.0559. The summed E-state index contributed by atoms with van der Waals surface area (Å²) in [6, 6.07) is 3.83. The molecule has 0 aliphatic carbocycles. The highest BCUT2D eigenvalue weighted by Gasteiger charge is 2.26. The van der Waals surface area contributed by atoms with E-state index in [0.717, 1.165) is 13.1 Å². The maximum atomic E-state index is 12.2. The molecule has 1 atom stereocenters. The standard InChI is InChI=1S/C12H18N4O/c1-15-5-6-16(9-11(15)7-13)12(17)10-3-2-4-14-8-10/h2-4,8,11H,5-7,9,13H2,1H3. The maximum absolute atomic E-state index is 12.2. The largest absolute Gasteiger partial charge is 0.336 e. The molecular weight excluding hydrogens is 216 g/mol. The van der Waals surface area contributed by atoms with Crippen molar-refractivity contribution in [2.75, 3.05) is 33.2 Å². The van der Waals surface area contributed by atoms with Crippen LogP contribution in [-0.2, 0) is 0 Å². The van der Waals surface area contributed by atoms with Crippen molar-refractivity contribution in [3.8, 4) is 0 Å². The van der Waals surface area contributed by atoms with Crippen LogP contribution in [-0.4, -0.2) is 60.0 Å². The van der Waals surface area contributed by atoms with Gasteiger partial charge in [-0.2, -0.15) is 0 Å². The number of rotatable bonds is 2. The van der Waals surface area contributed by atoms with Gasteiger partial charge in [0.05, 0.1) is 5.56 Å². The van der Waals surface area contributed by atoms with Crippen molar-refractivity contribution in [1.29, 1.82) is 0 Å². The van der Waals surface area contributed by atoms with Gasteiger partial charge >= 0.3 is 0 Å². The van der Waals surface area contributed by atoms with Crippen LogP contribution in [0.3, 0.4) is 0 Å². The minimum absolute atomic E-state index is 0.0460. The van der Waals surface area contributed by atoms with Gasteiger partial charge in [0.1, 0.15) is 0 Å². The molecule has 0 saturated carbocycles. The molecule has 0 radical (unpaired) electrons. The Balaban J connectivity index is 2.06. The Bertz CT molecular complexity index is 381. The fourth-order valence-electron chi connectivity index (χ4n) is 2.06. The fourth-order valence-corrected chi connectivity index (χ4v) is 2.06. The summed E-state index contributed by atoms with van der Waals surface area (Å²) in [7, 11) is 2.05. The summed E-state index contributed by atoms with van der Waals surface area (Å²) < 4.78 is 0. The predicted molar refractivity (Wildman–Crippen MR) is 65.6 cm³/mol. The van der Waals surface area contributed by atoms with E-state index in [1.54, 1.807) is 24.5 Å². The number of amides is 1. The first-order valence-electron chi connectivity index (χ1n) is 5.82. The monoisotopic (exact) mass is 234 g/mol. The summed E-state index contributed by atoms with van der Waals surface area (Å²) in [5.74, 6) is 0.0460. The fraction of sp³-hybridized carbons (Fsp3) is 0.500. The lowest BCUT2D eigenvalue weighted by atomic mass is 10.1. The molecule has 5 heteroatoms. The summed E-state index contributed by atoms with van der Waals surface area (Å²) in [6.45, 7) is 2.89. The summed E-state index contributed by atoms with van der Waals surface area (Å²) in [5, 5.41) is 0. The lowest BCUT2D eigenvalue weighted by Crippen LogP contribution is -2.55. The van der Waals surface area contributed by atoms with Crippen molar-refractivity contribution in [2.45, 2.75) is 6.04 Å². The number of likely N-dealkylation sites (N-methyl/N-ethyl adjacent to an activating group) is 1. The maximum Gasteiger partial charge on any atom is 0.255 e. The van der Waals surface area contributed by atoms with Crippen molar-refractivity contribution < 1.29 is 4.79 Å². The third-order valence-electron chi connectivity index (χ3n) is 3.24. The van der Waals surface area contributed by atoms with Crippen molar-refractivity contribution in [1.82, 2.24) is 14.8 Å². The van der Waals surface area contributed by atoms with Crippen molar-refractivity contribution in [2.24, 2.45) is 5.73 Å². The molecule has 1 saturated heterocycles. The number of nitrogens with two attached hydrogens (primary N) is 1. The van der Waals surface area contributed by atoms with Gasteiger partial charge in [-0.05, 0) is 19.2 Å². The van der Waals surface area contributed by atoms with E-state index in [0.29, 0.717) is 18.7 Å². The van der Waals surface area contributed by atoms with Crippen molar-refractivity contribution in [3.63, 3.8) is 0 Å². The normalized spacial score (nSPS) is 21.5. The summed E-state index contributed by atoms with van der Waals surface area (Å²) >= 11 is 0. The minimum Gasteiger partial charge on any atom is -0.336 e. The molecule has 1 fully saturated rings. The highest BCUT2D eigenvalue weighted by Crippen LogP contribution is 2.10. The highest BCUT2D eigenvalue weighted by molar-refractivity contribution is 5.93. The molecule has 1 aromatic heterocycles. The van der Waals surface area contributed by atoms with E-state index in [2.05, 4.69) is 9.88 Å². The zero-order chi connectivity index (χ0) is 12.3. The molecule has 2 N–H and O–H groups in total. The third kappa shape index (κ3) is 2.62. The predicted octanol–water partition coefficient (Wildman–Crippen LogP) is -0.203. The topological polar surface area (TPSA) is 62.5 Å². The van der Waals surface area contributed by atoms with E-state index >= 15 is 0 Å². The third-order valence-corrected chi connectivity index (χ3v) is 3.24. The Kier molecular flexibility index (Phi) is 3.71. The van der Waals surface area contributed by atoms with Gasteiger partial charge in [0.2, 0.25) is 0 Å². The van der Waals surface area contributed by atoms with Crippen LogP contribution in [0.2, 0.25) is 0 Å². The summed E-state index contributed by atoms with van der Waals surface area (Å²) in [5.41, 5.74) is 6.35. The smallest absolute Gasteiger partial charge is 0.255 e. The quantitative estimate of drug-likeness (QED) is 0.769. The van der Waals surface area contributed by atoms with Crippen LogP contribution in [0.4, 0.5) is 0 Å². The van der Waals surface area contributed by atoms with E-state index in [-0.39, 0.29) is 11.9 Å². The molecule has 2 rings (SSSR count). The number of aromatic nitrogens is 1. The molecule has 0 bridgehead atoms. The molecule has 17 heavy (non-hydrogen) atoms. The zero-order valence-electron chi connectivity index (χ0n) is 10.0. The molecule has 1 unspecified atom stereocenters. The van der Waals surface area contributed by atoms with Gasteiger partial charge in [0.15, 0.2) is 0 Å². The van der Waals surface area contributed by atoms with Gasteiger partial charge in [0, 0.05) is 44.6 Å². The Morgan fingerprint density at radius 1 is 1.59 bits per heavy atom. The zero-order valence-corrected chi connectivity index (χ0v) is 10.0. The van der Waals surface area contributed by atoms with Gasteiger partial charge in [-0.3, -0.25) is 14.7 Å². The van der Waals surface area contributed by atoms with E-state index in [1.165, 1.54) is 0 Å². The molecule has 2 heterocycles. The van der Waals surface area contributed by atoms with Gasteiger partial charge in [-0.25, -0.2) is 0 Å². The second kappa shape index (κ2) is 5.25. The first-order chi connectivity index (χ1) is 8.22. The number of piperazine rings is 1. The number of carbonyl (C=O) groups excluding carboxylic acids is 1. The van der Waals surface area contributed by atoms with E-state index < -0.39 is 0 Å². The van der Waals surface area contributed by atoms with E-state index in [9.17, 15) is 4.79 Å². The second-order valence-corrected chi connectivity index (χ2v) is 4.36. The molecule has 1 aliphatic rings. The van der Waals surface area contributed by atoms with Crippen LogP contribution >= 0.6 is 0 Å². The Morgan fingerprint density at radius 3 is 3.06 bits per heavy atom. The molecule has 1 aromatic rings. The van der Waals surface area contributed by atoms with Crippen molar-refractivity contribution in [3.05, 3.63) is 30.1 Å². The number of hydrogen-bond donors (Lipinski definition) is 1. The lowest BCUT2D eigenvalue weighted by Gasteiger charge is -2.38. The van der Waals surface area contributed by atoms with Crippen LogP contribution in [0.1, 0.15) is 10.4 Å². The number of carbonyl (C=O) groups is 1. The molecule has 1 aliphatic heterocycles. The number of hydrogen-bond acceptors (Lipinski definition) is 4. The van der Waals surface area contributed by atoms with Gasteiger partial charge in [-0.15, -0.1) is 0 Å². The average Bonchev–Trinajstić information content (AvgIpc) is 2.39. The summed E-state index contributed by atoms with van der Waals surface area (Å²) in [4.78, 5) is 20.2. The molecule has 0 aromatic carbocycles. The van der Waals surface area contributed by atoms with Crippen LogP contribution in [0.25, 0.3) is 0 Å². The summed E-state index contributed by atoms with van der Waals surface area (Å²) in [6.07, 6.45) is 3.28. The first kappa shape index (κ1) is 12.0. The van der Waals surface area contributed by atoms with Gasteiger partial charge < -0.3 is 10.6 Å². The molecule has 5 nitrogen and oxygen atoms in total. The number of nitrogens with zero attached hydrogens (tertiary/aromatic N) is 3. The van der Waals surface area contributed by atoms with Gasteiger partial charge in [-0.1, -0.05) is 0 Å². The van der Waals surface area contributed by atoms with Crippen LogP contribution in [0.15, 0.2) is 24.5 Å². The Morgan fingerprint density at radius 2 is 2.41 bits per heavy atom. The molecule has 0 spiro atoms. The minimum atomic E-state index is 0.0460. The molecule has 92 valence electrons. The van der Waals surface area contributed by atoms with Crippen LogP contribution in [0.5, 0.6) is 0 Å². The highest BCUT2D eigenvalue weighted by atomic mass is 16.2. The Hall–Kier alpha value is -1.46. The molecule has 1 amide bonds. The SMILES string of the molecule is CN1CCN(C(=O)c2cccnc2)CC1CN. The van der Waals surface area contributed by atoms with Crippen LogP contribution < -0.4 is 5.73 Å². The second-order valence-electron chi connectivity index (χ2n) is 4.36. The number of pyridine rings is 1. The van der Waals surface area contributed by atoms with Gasteiger partial charge in [0.25, 0.3) is 5.91 Å². The Labute approximate surface area is 101 Å². The van der Waals surface area contributed by atoms with Crippen LogP contribution in [0, 0.1) is 0 Å². The first-order valence-corrected chi connectivity index (χ1v) is 5.82. The van der Waals surface area contributed by atoms with E-state index in [1.807, 2.05) is 11.9 Å². The van der Waals surface area contributed by atoms with E-state index in [4.69, 9.17) is 5.73 Å². The average molecular weight is 234 g/mol. The van der Waals surface area contributed by atoms with Crippen molar-refractivity contribution >= 4 is 5.91 Å². The molecular formula is C12H18N4O.